The molecule has 0 saturated heterocycles. The summed E-state index contributed by atoms with van der Waals surface area (Å²) < 4.78 is 1.85. The van der Waals surface area contributed by atoms with Crippen LogP contribution >= 0.6 is 0 Å². The van der Waals surface area contributed by atoms with E-state index in [4.69, 9.17) is 0 Å². The molecule has 1 heterocycles. The van der Waals surface area contributed by atoms with Gasteiger partial charge in [0.25, 0.3) is 0 Å². The number of nitrogens with zero attached hydrogens (tertiary/aromatic N) is 4. The molecular weight excluding hydrogens is 336 g/mol. The number of benzene rings is 1. The lowest BCUT2D eigenvalue weighted by Crippen LogP contribution is -2.43. The third-order valence-electron chi connectivity index (χ3n) is 4.82. The molecule has 2 N–H and O–H groups in total. The highest BCUT2D eigenvalue weighted by Crippen LogP contribution is 2.19. The van der Waals surface area contributed by atoms with Gasteiger partial charge >= 0.3 is 0 Å². The van der Waals surface area contributed by atoms with Crippen LogP contribution in [0.15, 0.2) is 47.7 Å². The molecule has 0 fully saturated rings. The van der Waals surface area contributed by atoms with Gasteiger partial charge in [-0.3, -0.25) is 14.6 Å². The lowest BCUT2D eigenvalue weighted by atomic mass is 10.1. The molecule has 1 aromatic heterocycles. The van der Waals surface area contributed by atoms with E-state index in [1.807, 2.05) is 25.0 Å². The average Bonchev–Trinajstić information content (AvgIpc) is 3.12. The van der Waals surface area contributed by atoms with Crippen molar-refractivity contribution in [3.05, 3.63) is 53.9 Å². The monoisotopic (exact) mass is 370 g/mol. The Morgan fingerprint density at radius 2 is 1.93 bits per heavy atom. The van der Waals surface area contributed by atoms with Crippen LogP contribution in [-0.4, -0.2) is 53.9 Å². The Kier molecular flexibility index (Phi) is 8.84. The van der Waals surface area contributed by atoms with E-state index in [2.05, 4.69) is 76.0 Å². The van der Waals surface area contributed by atoms with Crippen LogP contribution in [0.5, 0.6) is 0 Å². The van der Waals surface area contributed by atoms with Crippen molar-refractivity contribution >= 4 is 5.96 Å². The summed E-state index contributed by atoms with van der Waals surface area (Å²) in [5.74, 6) is 0.856. The van der Waals surface area contributed by atoms with Crippen LogP contribution in [0.1, 0.15) is 37.4 Å². The molecule has 6 heteroatoms. The third-order valence-corrected chi connectivity index (χ3v) is 4.82. The fraction of sp³-hybridized carbons (Fsp3) is 0.524. The summed E-state index contributed by atoms with van der Waals surface area (Å²) in [4.78, 5) is 6.84. The van der Waals surface area contributed by atoms with Crippen molar-refractivity contribution in [3.63, 3.8) is 0 Å². The SMILES string of the molecule is CCN(CC)C(CNC(=NC)NCCCc1cnn(C)c1)c1ccccc1. The second kappa shape index (κ2) is 11.4. The zero-order valence-corrected chi connectivity index (χ0v) is 17.2. The van der Waals surface area contributed by atoms with E-state index in [-0.39, 0.29) is 0 Å². The van der Waals surface area contributed by atoms with E-state index in [0.29, 0.717) is 6.04 Å². The first-order chi connectivity index (χ1) is 13.2. The number of aliphatic imine (C=N–C) groups is 1. The molecule has 0 spiro atoms. The van der Waals surface area contributed by atoms with Crippen LogP contribution in [0.3, 0.4) is 0 Å². The third kappa shape index (κ3) is 6.71. The minimum absolute atomic E-state index is 0.329. The highest BCUT2D eigenvalue weighted by molar-refractivity contribution is 5.79. The molecule has 27 heavy (non-hydrogen) atoms. The maximum Gasteiger partial charge on any atom is 0.191 e. The molecule has 2 aromatic rings. The minimum atomic E-state index is 0.329. The summed E-state index contributed by atoms with van der Waals surface area (Å²) in [6, 6.07) is 11.0. The molecule has 0 saturated carbocycles. The van der Waals surface area contributed by atoms with E-state index in [9.17, 15) is 0 Å². The Hall–Kier alpha value is -2.34. The van der Waals surface area contributed by atoms with Crippen LogP contribution in [0.25, 0.3) is 0 Å². The number of guanidine groups is 1. The van der Waals surface area contributed by atoms with Gasteiger partial charge in [-0.05, 0) is 37.1 Å². The minimum Gasteiger partial charge on any atom is -0.356 e. The van der Waals surface area contributed by atoms with Gasteiger partial charge in [0, 0.05) is 33.4 Å². The quantitative estimate of drug-likeness (QED) is 0.383. The summed E-state index contributed by atoms with van der Waals surface area (Å²) in [5.41, 5.74) is 2.61. The smallest absolute Gasteiger partial charge is 0.191 e. The number of aromatic nitrogens is 2. The van der Waals surface area contributed by atoms with Crippen molar-refractivity contribution in [1.82, 2.24) is 25.3 Å². The van der Waals surface area contributed by atoms with Crippen molar-refractivity contribution in [2.45, 2.75) is 32.7 Å². The number of likely N-dealkylation sites (N-methyl/N-ethyl adjacent to an activating group) is 1. The van der Waals surface area contributed by atoms with E-state index >= 15 is 0 Å². The van der Waals surface area contributed by atoms with E-state index in [1.54, 1.807) is 0 Å². The first-order valence-corrected chi connectivity index (χ1v) is 9.88. The van der Waals surface area contributed by atoms with Crippen molar-refractivity contribution in [2.75, 3.05) is 33.2 Å². The van der Waals surface area contributed by atoms with Gasteiger partial charge in [0.15, 0.2) is 5.96 Å². The lowest BCUT2D eigenvalue weighted by Gasteiger charge is -2.30. The molecule has 0 aliphatic rings. The van der Waals surface area contributed by atoms with Gasteiger partial charge in [-0.15, -0.1) is 0 Å². The predicted molar refractivity (Wildman–Crippen MR) is 113 cm³/mol. The van der Waals surface area contributed by atoms with Crippen LogP contribution in [0.2, 0.25) is 0 Å². The molecule has 0 amide bonds. The van der Waals surface area contributed by atoms with Gasteiger partial charge in [0.05, 0.1) is 12.2 Å². The molecule has 148 valence electrons. The molecule has 2 rings (SSSR count). The zero-order valence-electron chi connectivity index (χ0n) is 17.2. The average molecular weight is 371 g/mol. The highest BCUT2D eigenvalue weighted by Gasteiger charge is 2.18. The van der Waals surface area contributed by atoms with Gasteiger partial charge in [-0.1, -0.05) is 44.2 Å². The van der Waals surface area contributed by atoms with Gasteiger partial charge in [0.1, 0.15) is 0 Å². The summed E-state index contributed by atoms with van der Waals surface area (Å²) in [7, 11) is 3.78. The van der Waals surface area contributed by atoms with Crippen molar-refractivity contribution in [3.8, 4) is 0 Å². The maximum atomic E-state index is 4.37. The van der Waals surface area contributed by atoms with Gasteiger partial charge in [0.2, 0.25) is 0 Å². The van der Waals surface area contributed by atoms with Crippen LogP contribution in [-0.2, 0) is 13.5 Å². The van der Waals surface area contributed by atoms with Gasteiger partial charge in [-0.25, -0.2) is 0 Å². The Morgan fingerprint density at radius 3 is 2.52 bits per heavy atom. The largest absolute Gasteiger partial charge is 0.356 e. The number of aryl methyl sites for hydroxylation is 2. The second-order valence-corrected chi connectivity index (χ2v) is 6.65. The molecule has 0 aliphatic heterocycles. The molecule has 1 atom stereocenters. The number of hydrogen-bond acceptors (Lipinski definition) is 3. The Balaban J connectivity index is 1.84. The van der Waals surface area contributed by atoms with E-state index in [0.717, 1.165) is 45.0 Å². The lowest BCUT2D eigenvalue weighted by molar-refractivity contribution is 0.219. The first-order valence-electron chi connectivity index (χ1n) is 9.88. The molecule has 6 nitrogen and oxygen atoms in total. The van der Waals surface area contributed by atoms with Crippen LogP contribution in [0, 0.1) is 0 Å². The van der Waals surface area contributed by atoms with E-state index < -0.39 is 0 Å². The number of nitrogens with one attached hydrogen (secondary N) is 2. The fourth-order valence-electron chi connectivity index (χ4n) is 3.31. The molecular formula is C21H34N6. The summed E-state index contributed by atoms with van der Waals surface area (Å²) >= 11 is 0. The summed E-state index contributed by atoms with van der Waals surface area (Å²) in [6.07, 6.45) is 6.07. The standard InChI is InChI=1S/C21H34N6/c1-5-27(6-2)20(19-12-8-7-9-13-19)16-24-21(22-3)23-14-10-11-18-15-25-26(4)17-18/h7-9,12-13,15,17,20H,5-6,10-11,14,16H2,1-4H3,(H2,22,23,24). The number of rotatable bonds is 10. The van der Waals surface area contributed by atoms with Gasteiger partial charge in [-0.2, -0.15) is 5.10 Å². The van der Waals surface area contributed by atoms with Crippen LogP contribution in [0.4, 0.5) is 0 Å². The van der Waals surface area contributed by atoms with Gasteiger partial charge < -0.3 is 10.6 Å². The predicted octanol–water partition coefficient (Wildman–Crippen LogP) is 2.60. The highest BCUT2D eigenvalue weighted by atomic mass is 15.2. The maximum absolute atomic E-state index is 4.37. The van der Waals surface area contributed by atoms with E-state index in [1.165, 1.54) is 11.1 Å². The molecule has 1 unspecified atom stereocenters. The normalized spacial score (nSPS) is 13.0. The molecule has 0 bridgehead atoms. The Labute approximate surface area is 163 Å². The van der Waals surface area contributed by atoms with Crippen molar-refractivity contribution in [1.29, 1.82) is 0 Å². The number of hydrogen-bond donors (Lipinski definition) is 2. The molecule has 0 aliphatic carbocycles. The molecule has 0 radical (unpaired) electrons. The van der Waals surface area contributed by atoms with Crippen molar-refractivity contribution < 1.29 is 0 Å². The Bertz CT molecular complexity index is 675. The summed E-state index contributed by atoms with van der Waals surface area (Å²) in [5, 5.41) is 11.1. The first kappa shape index (κ1) is 21.0. The Morgan fingerprint density at radius 1 is 1.19 bits per heavy atom. The van der Waals surface area contributed by atoms with Crippen molar-refractivity contribution in [2.24, 2.45) is 12.0 Å². The zero-order chi connectivity index (χ0) is 19.5. The van der Waals surface area contributed by atoms with Crippen LogP contribution < -0.4 is 10.6 Å². The second-order valence-electron chi connectivity index (χ2n) is 6.65. The topological polar surface area (TPSA) is 57.5 Å². The fourth-order valence-corrected chi connectivity index (χ4v) is 3.31. The summed E-state index contributed by atoms with van der Waals surface area (Å²) in [6.45, 7) is 8.18. The molecule has 1 aromatic carbocycles.